The highest BCUT2D eigenvalue weighted by molar-refractivity contribution is 6.16. The molecule has 3 aromatic heterocycles. The summed E-state index contributed by atoms with van der Waals surface area (Å²) in [5, 5.41) is 50.3. The molecule has 0 saturated carbocycles. The summed E-state index contributed by atoms with van der Waals surface area (Å²) >= 11 is 0. The first kappa shape index (κ1) is 75.4. The number of aromatic nitrogens is 3. The number of piperazine rings is 1. The summed E-state index contributed by atoms with van der Waals surface area (Å²) in [6.07, 6.45) is -13.8. The molecule has 6 aromatic rings. The van der Waals surface area contributed by atoms with E-state index >= 15 is 0 Å². The molecule has 0 spiro atoms. The van der Waals surface area contributed by atoms with Crippen molar-refractivity contribution in [1.82, 2.24) is 20.3 Å². The Hall–Kier alpha value is -8.83. The number of carbonyl (C=O) groups excluding carboxylic acids is 4. The molecule has 3 fully saturated rings. The Morgan fingerprint density at radius 2 is 0.970 bits per heavy atom. The van der Waals surface area contributed by atoms with Crippen LogP contribution < -0.4 is 34.2 Å². The molecule has 0 amide bonds. The molecule has 12 rings (SSSR count). The first-order chi connectivity index (χ1) is 47.1. The molecule has 0 bridgehead atoms. The summed E-state index contributed by atoms with van der Waals surface area (Å²) < 4.78 is 180. The lowest BCUT2D eigenvalue weighted by Crippen LogP contribution is -2.54. The molecular weight excluding hydrogens is 1350 g/mol. The lowest BCUT2D eigenvalue weighted by Gasteiger charge is -2.32. The van der Waals surface area contributed by atoms with Crippen molar-refractivity contribution < 1.29 is 121 Å². The minimum Gasteiger partial charge on any atom is -0.495 e. The van der Waals surface area contributed by atoms with Crippen molar-refractivity contribution in [1.29, 1.82) is 0 Å². The number of anilines is 3. The molecule has 6 aliphatic rings. The monoisotopic (exact) mass is 1420 g/mol. The van der Waals surface area contributed by atoms with Gasteiger partial charge >= 0.3 is 24.7 Å². The summed E-state index contributed by atoms with van der Waals surface area (Å²) in [6.45, 7) is 9.13. The molecule has 1 atom stereocenters. The quantitative estimate of drug-likeness (QED) is 0.0276. The van der Waals surface area contributed by atoms with Crippen LogP contribution in [0, 0.1) is 5.92 Å². The van der Waals surface area contributed by atoms with Crippen molar-refractivity contribution in [3.8, 4) is 17.2 Å². The van der Waals surface area contributed by atoms with Crippen LogP contribution in [0.15, 0.2) is 97.4 Å². The predicted octanol–water partition coefficient (Wildman–Crippen LogP) is 8.11. The largest absolute Gasteiger partial charge is 0.495 e. The van der Waals surface area contributed by atoms with Crippen molar-refractivity contribution in [3.05, 3.63) is 164 Å². The van der Waals surface area contributed by atoms with Crippen LogP contribution in [0.1, 0.15) is 92.4 Å². The number of hydrogen-bond acceptors (Lipinski definition) is 21. The number of nitrogens with zero attached hydrogens (tertiary/aromatic N) is 6. The molecule has 21 nitrogen and oxygen atoms in total. The number of Topliss-reactive ketones (excluding diaryl/α,β-unsaturated/α-hetero) is 3. The minimum atomic E-state index is -5.99. The maximum Gasteiger partial charge on any atom is 0.447 e. The van der Waals surface area contributed by atoms with E-state index in [1.807, 2.05) is 18.2 Å². The van der Waals surface area contributed by atoms with Crippen molar-refractivity contribution in [3.63, 3.8) is 0 Å². The van der Waals surface area contributed by atoms with Crippen LogP contribution in [0.3, 0.4) is 0 Å². The van der Waals surface area contributed by atoms with E-state index in [4.69, 9.17) is 28.8 Å². The van der Waals surface area contributed by atoms with Gasteiger partial charge in [-0.15, -0.1) is 0 Å². The molecule has 6 heterocycles. The fourth-order valence-electron chi connectivity index (χ4n) is 12.0. The SMILES string of the molecule is COc1cc2c(cc1N1CCNCC1)CCC2=O.COc1cc2c(cc1N1CCOCC1)C/C(=C\c1cncc(C(O)(O)C(F)(F)F)c1)C2=O.COc1cc2c(cc1N1CCOCC1)CC(Cc1cncc(C(O)(O)C(F)(F)F)c1)C2=O.O=Cc1cncc(C(O)(C(F)(F)F)C(F)(F)F)c1. The first-order valence-electron chi connectivity index (χ1n) is 30.8. The van der Waals surface area contributed by atoms with E-state index in [1.54, 1.807) is 19.2 Å². The number of halogens is 12. The molecule has 0 radical (unpaired) electrons. The zero-order valence-electron chi connectivity index (χ0n) is 53.5. The number of fused-ring (bicyclic) bond motifs is 3. The van der Waals surface area contributed by atoms with Gasteiger partial charge in [0, 0.05) is 153 Å². The Morgan fingerprint density at radius 1 is 0.520 bits per heavy atom. The zero-order valence-corrected chi connectivity index (χ0v) is 53.5. The van der Waals surface area contributed by atoms with Gasteiger partial charge in [0.15, 0.2) is 23.6 Å². The highest BCUT2D eigenvalue weighted by Gasteiger charge is 2.71. The van der Waals surface area contributed by atoms with Gasteiger partial charge < -0.3 is 69.2 Å². The van der Waals surface area contributed by atoms with Crippen LogP contribution in [0.2, 0.25) is 0 Å². The summed E-state index contributed by atoms with van der Waals surface area (Å²) in [6, 6.07) is 13.5. The maximum atomic E-state index is 13.0. The minimum absolute atomic E-state index is 0.0175. The number of aryl methyl sites for hydroxylation is 1. The van der Waals surface area contributed by atoms with E-state index in [-0.39, 0.29) is 54.3 Å². The third-order valence-corrected chi connectivity index (χ3v) is 17.4. The Balaban J connectivity index is 0.000000161. The number of rotatable bonds is 13. The lowest BCUT2D eigenvalue weighted by atomic mass is 9.93. The molecule has 3 aliphatic heterocycles. The molecule has 100 heavy (non-hydrogen) atoms. The van der Waals surface area contributed by atoms with Gasteiger partial charge in [0.05, 0.1) is 64.8 Å². The average molecular weight is 1420 g/mol. The first-order valence-corrected chi connectivity index (χ1v) is 30.8. The number of morpholine rings is 2. The van der Waals surface area contributed by atoms with Crippen molar-refractivity contribution in [2.45, 2.75) is 74.0 Å². The Bertz CT molecular complexity index is 4000. The fourth-order valence-corrected chi connectivity index (χ4v) is 12.0. The smallest absolute Gasteiger partial charge is 0.447 e. The molecule has 33 heteroatoms. The fraction of sp³-hybridized carbons (Fsp3) is 0.418. The lowest BCUT2D eigenvalue weighted by molar-refractivity contribution is -0.376. The number of benzene rings is 3. The Kier molecular flexibility index (Phi) is 22.7. The zero-order chi connectivity index (χ0) is 72.9. The molecule has 3 aliphatic carbocycles. The third-order valence-electron chi connectivity index (χ3n) is 17.4. The average Bonchev–Trinajstić information content (AvgIpc) is 1.20. The number of alkyl halides is 12. The molecular formula is C67H67F12N7O14. The van der Waals surface area contributed by atoms with Gasteiger partial charge in [-0.05, 0) is 108 Å². The van der Waals surface area contributed by atoms with E-state index in [0.29, 0.717) is 99.2 Å². The van der Waals surface area contributed by atoms with Crippen molar-refractivity contribution in [2.24, 2.45) is 5.92 Å². The van der Waals surface area contributed by atoms with Gasteiger partial charge in [-0.3, -0.25) is 34.1 Å². The van der Waals surface area contributed by atoms with Gasteiger partial charge in [-0.1, -0.05) is 0 Å². The number of carbonyl (C=O) groups is 4. The highest BCUT2D eigenvalue weighted by Crippen LogP contribution is 2.50. The number of ether oxygens (including phenoxy) is 5. The van der Waals surface area contributed by atoms with Crippen LogP contribution in [-0.4, -0.2) is 189 Å². The van der Waals surface area contributed by atoms with Crippen molar-refractivity contribution >= 4 is 46.8 Å². The van der Waals surface area contributed by atoms with Crippen molar-refractivity contribution in [2.75, 3.05) is 115 Å². The number of ketones is 3. The second-order valence-electron chi connectivity index (χ2n) is 23.8. The Labute approximate surface area is 562 Å². The normalized spacial score (nSPS) is 17.8. The number of nitrogens with one attached hydrogen (secondary N) is 1. The third kappa shape index (κ3) is 16.0. The number of methoxy groups -OCH3 is 3. The van der Waals surface area contributed by atoms with E-state index in [1.165, 1.54) is 38.3 Å². The van der Waals surface area contributed by atoms with Gasteiger partial charge in [-0.25, -0.2) is 0 Å². The van der Waals surface area contributed by atoms with Crippen LogP contribution in [-0.2, 0) is 52.3 Å². The number of aliphatic hydroxyl groups is 5. The second kappa shape index (κ2) is 30.2. The second-order valence-corrected chi connectivity index (χ2v) is 23.8. The van der Waals surface area contributed by atoms with Gasteiger partial charge in [0.2, 0.25) is 0 Å². The van der Waals surface area contributed by atoms with E-state index in [2.05, 4.69) is 41.0 Å². The van der Waals surface area contributed by atoms with Crippen LogP contribution in [0.5, 0.6) is 17.2 Å². The number of hydrogen-bond donors (Lipinski definition) is 6. The topological polar surface area (TPSA) is 276 Å². The predicted molar refractivity (Wildman–Crippen MR) is 332 cm³/mol. The van der Waals surface area contributed by atoms with Crippen LogP contribution in [0.4, 0.5) is 69.7 Å². The molecule has 6 N–H and O–H groups in total. The highest BCUT2D eigenvalue weighted by atomic mass is 19.4. The number of pyridine rings is 3. The summed E-state index contributed by atoms with van der Waals surface area (Å²) in [5.74, 6) is -6.75. The summed E-state index contributed by atoms with van der Waals surface area (Å²) in [4.78, 5) is 65.0. The standard InChI is InChI=1S/C22H23F3N2O5.C22H21F3N2O5.C14H18N2O2.C9H5F6NO2/c2*1-31-19-10-17-14(9-18(19)27-2-4-32-5-3-27)8-15(20(17)28)6-13-7-16(12-26-11-13)21(29,30)22(23,24)25;1-18-14-9-11-10(2-3-13(11)17)8-12(14)16-6-4-15-5-7-16;10-8(11,12)7(18,9(13,14)15)6-1-5(4-17)2-16-3-6/h7,9-12,15,29-30H,2-6,8H2,1H3;6-7,9-12,29-30H,2-5,8H2,1H3;8-9,15H,2-7H2,1H3;1-4,18H/b;15-6+;;. The van der Waals surface area contributed by atoms with Crippen LogP contribution in [0.25, 0.3) is 6.08 Å². The van der Waals surface area contributed by atoms with Gasteiger partial charge in [0.1, 0.15) is 17.2 Å². The molecule has 3 aromatic carbocycles. The van der Waals surface area contributed by atoms with E-state index in [0.717, 1.165) is 103 Å². The summed E-state index contributed by atoms with van der Waals surface area (Å²) in [5.41, 5.74) is -0.446. The van der Waals surface area contributed by atoms with Gasteiger partial charge in [0.25, 0.3) is 17.2 Å². The molecule has 3 saturated heterocycles. The number of aldehydes is 1. The Morgan fingerprint density at radius 3 is 1.48 bits per heavy atom. The summed E-state index contributed by atoms with van der Waals surface area (Å²) in [7, 11) is 4.74. The molecule has 538 valence electrons. The van der Waals surface area contributed by atoms with Crippen LogP contribution >= 0.6 is 0 Å². The maximum absolute atomic E-state index is 13.0. The van der Waals surface area contributed by atoms with E-state index in [9.17, 15) is 92.3 Å². The van der Waals surface area contributed by atoms with Gasteiger partial charge in [-0.2, -0.15) is 52.7 Å². The molecule has 1 unspecified atom stereocenters. The number of allylic oxidation sites excluding steroid dienone is 1. The van der Waals surface area contributed by atoms with E-state index < -0.39 is 70.1 Å².